The zero-order valence-electron chi connectivity index (χ0n) is 15.0. The number of rotatable bonds is 7. The second-order valence-electron chi connectivity index (χ2n) is 5.92. The van der Waals surface area contributed by atoms with E-state index in [4.69, 9.17) is 26.8 Å². The second-order valence-corrected chi connectivity index (χ2v) is 8.59. The topological polar surface area (TPSA) is 81.9 Å². The van der Waals surface area contributed by atoms with Crippen LogP contribution in [0.4, 0.5) is 5.69 Å². The predicted molar refractivity (Wildman–Crippen MR) is 119 cm³/mol. The van der Waals surface area contributed by atoms with Gasteiger partial charge in [0.2, 0.25) is 5.91 Å². The zero-order chi connectivity index (χ0) is 20.3. The van der Waals surface area contributed by atoms with E-state index in [2.05, 4.69) is 22.6 Å². The number of halogens is 2. The van der Waals surface area contributed by atoms with Gasteiger partial charge < -0.3 is 15.2 Å². The molecule has 1 aliphatic heterocycles. The lowest BCUT2D eigenvalue weighted by Crippen LogP contribution is -2.27. The Balaban J connectivity index is 1.98. The number of thioether (sulfide) groups is 1. The monoisotopic (exact) mass is 532 g/mol. The van der Waals surface area contributed by atoms with Gasteiger partial charge in [0.05, 0.1) is 15.9 Å². The summed E-state index contributed by atoms with van der Waals surface area (Å²) in [6.45, 7) is 2.07. The highest BCUT2D eigenvalue weighted by Gasteiger charge is 2.35. The van der Waals surface area contributed by atoms with Gasteiger partial charge in [-0.3, -0.25) is 14.5 Å². The molecular formula is C19H18ClIN2O4S. The first kappa shape index (κ1) is 21.1. The molecule has 1 atom stereocenters. The fourth-order valence-electron chi connectivity index (χ4n) is 2.83. The molecule has 6 nitrogen and oxygen atoms in total. The van der Waals surface area contributed by atoms with Crippen LogP contribution in [0.15, 0.2) is 36.4 Å². The van der Waals surface area contributed by atoms with Crippen molar-refractivity contribution in [3.63, 3.8) is 0 Å². The first-order valence-corrected chi connectivity index (χ1v) is 11.0. The van der Waals surface area contributed by atoms with E-state index in [0.29, 0.717) is 28.9 Å². The van der Waals surface area contributed by atoms with Gasteiger partial charge in [0, 0.05) is 10.7 Å². The van der Waals surface area contributed by atoms with Crippen molar-refractivity contribution in [2.45, 2.75) is 12.3 Å². The van der Waals surface area contributed by atoms with Crippen molar-refractivity contribution in [2.24, 2.45) is 5.73 Å². The van der Waals surface area contributed by atoms with Gasteiger partial charge in [-0.2, -0.15) is 0 Å². The maximum absolute atomic E-state index is 12.5. The van der Waals surface area contributed by atoms with Crippen molar-refractivity contribution < 1.29 is 19.1 Å². The maximum Gasteiger partial charge on any atom is 0.255 e. The molecule has 3 rings (SSSR count). The van der Waals surface area contributed by atoms with Gasteiger partial charge in [-0.15, -0.1) is 11.8 Å². The lowest BCUT2D eigenvalue weighted by atomic mass is 10.1. The minimum absolute atomic E-state index is 0.0272. The van der Waals surface area contributed by atoms with Crippen molar-refractivity contribution in [1.82, 2.24) is 0 Å². The molecule has 2 aromatic rings. The van der Waals surface area contributed by atoms with Gasteiger partial charge in [0.1, 0.15) is 5.37 Å². The quantitative estimate of drug-likeness (QED) is 0.546. The van der Waals surface area contributed by atoms with Crippen LogP contribution in [0.3, 0.4) is 0 Å². The molecule has 28 heavy (non-hydrogen) atoms. The van der Waals surface area contributed by atoms with E-state index in [1.54, 1.807) is 17.0 Å². The van der Waals surface area contributed by atoms with Gasteiger partial charge in [0.15, 0.2) is 18.1 Å². The molecule has 148 valence electrons. The van der Waals surface area contributed by atoms with Crippen LogP contribution in [-0.2, 0) is 9.59 Å². The molecule has 0 saturated carbocycles. The molecule has 9 heteroatoms. The Labute approximate surface area is 185 Å². The zero-order valence-corrected chi connectivity index (χ0v) is 18.7. The highest BCUT2D eigenvalue weighted by atomic mass is 127. The summed E-state index contributed by atoms with van der Waals surface area (Å²) in [5, 5.41) is 0.412. The van der Waals surface area contributed by atoms with E-state index < -0.39 is 5.91 Å². The summed E-state index contributed by atoms with van der Waals surface area (Å²) in [6, 6.07) is 11.0. The molecule has 1 aliphatic rings. The van der Waals surface area contributed by atoms with Gasteiger partial charge >= 0.3 is 0 Å². The number of hydrogen-bond acceptors (Lipinski definition) is 5. The summed E-state index contributed by atoms with van der Waals surface area (Å²) in [5.74, 6) is 0.833. The third-order valence-electron chi connectivity index (χ3n) is 3.95. The number of benzene rings is 2. The first-order chi connectivity index (χ1) is 13.4. The second kappa shape index (κ2) is 9.23. The average Bonchev–Trinajstić information content (AvgIpc) is 3.03. The third-order valence-corrected chi connectivity index (χ3v) is 6.21. The van der Waals surface area contributed by atoms with E-state index in [-0.39, 0.29) is 17.9 Å². The Morgan fingerprint density at radius 3 is 2.68 bits per heavy atom. The summed E-state index contributed by atoms with van der Waals surface area (Å²) in [5.41, 5.74) is 6.88. The summed E-state index contributed by atoms with van der Waals surface area (Å²) in [6.07, 6.45) is 0. The number of amides is 2. The molecule has 0 aromatic heterocycles. The Morgan fingerprint density at radius 1 is 1.32 bits per heavy atom. The van der Waals surface area contributed by atoms with Gasteiger partial charge in [0.25, 0.3) is 5.91 Å². The van der Waals surface area contributed by atoms with Crippen LogP contribution >= 0.6 is 46.0 Å². The SMILES string of the molecule is CCOc1cc([C@@H]2SCC(=O)N2c2ccc(Cl)cc2)cc(I)c1OCC(N)=O. The molecule has 0 unspecified atom stereocenters. The molecule has 1 saturated heterocycles. The highest BCUT2D eigenvalue weighted by molar-refractivity contribution is 14.1. The van der Waals surface area contributed by atoms with Gasteiger partial charge in [-0.05, 0) is 71.5 Å². The van der Waals surface area contributed by atoms with E-state index in [1.807, 2.05) is 31.2 Å². The van der Waals surface area contributed by atoms with Gasteiger partial charge in [-0.25, -0.2) is 0 Å². The predicted octanol–water partition coefficient (Wildman–Crippen LogP) is 3.99. The summed E-state index contributed by atoms with van der Waals surface area (Å²) >= 11 is 9.65. The minimum Gasteiger partial charge on any atom is -0.490 e. The van der Waals surface area contributed by atoms with Crippen LogP contribution in [0.5, 0.6) is 11.5 Å². The summed E-state index contributed by atoms with van der Waals surface area (Å²) < 4.78 is 12.0. The number of nitrogens with two attached hydrogens (primary N) is 1. The number of carbonyl (C=O) groups excluding carboxylic acids is 2. The Bertz CT molecular complexity index is 894. The van der Waals surface area contributed by atoms with Gasteiger partial charge in [-0.1, -0.05) is 11.6 Å². The molecule has 2 amide bonds. The molecule has 2 aromatic carbocycles. The number of anilines is 1. The Morgan fingerprint density at radius 2 is 2.04 bits per heavy atom. The largest absolute Gasteiger partial charge is 0.490 e. The number of nitrogens with zero attached hydrogens (tertiary/aromatic N) is 1. The van der Waals surface area contributed by atoms with Crippen molar-refractivity contribution in [3.05, 3.63) is 50.6 Å². The van der Waals surface area contributed by atoms with Crippen molar-refractivity contribution in [2.75, 3.05) is 23.9 Å². The Kier molecular flexibility index (Phi) is 6.95. The average molecular weight is 533 g/mol. The highest BCUT2D eigenvalue weighted by Crippen LogP contribution is 2.45. The first-order valence-electron chi connectivity index (χ1n) is 8.47. The Hall–Kier alpha value is -1.65. The fraction of sp³-hybridized carbons (Fsp3) is 0.263. The van der Waals surface area contributed by atoms with Crippen molar-refractivity contribution in [1.29, 1.82) is 0 Å². The van der Waals surface area contributed by atoms with Crippen molar-refractivity contribution >= 4 is 63.5 Å². The number of primary amides is 1. The van der Waals surface area contributed by atoms with Crippen LogP contribution in [0, 0.1) is 3.57 Å². The molecule has 0 bridgehead atoms. The van der Waals surface area contributed by atoms with Crippen LogP contribution < -0.4 is 20.1 Å². The third kappa shape index (κ3) is 4.66. The van der Waals surface area contributed by atoms with E-state index >= 15 is 0 Å². The molecule has 0 radical (unpaired) electrons. The summed E-state index contributed by atoms with van der Waals surface area (Å²) in [4.78, 5) is 25.4. The smallest absolute Gasteiger partial charge is 0.255 e. The fourth-order valence-corrected chi connectivity index (χ4v) is 4.89. The van der Waals surface area contributed by atoms with Crippen molar-refractivity contribution in [3.8, 4) is 11.5 Å². The van der Waals surface area contributed by atoms with Crippen LogP contribution in [0.2, 0.25) is 5.02 Å². The molecule has 0 aliphatic carbocycles. The molecule has 2 N–H and O–H groups in total. The lowest BCUT2D eigenvalue weighted by Gasteiger charge is -2.25. The van der Waals surface area contributed by atoms with E-state index in [1.165, 1.54) is 11.8 Å². The normalized spacial score (nSPS) is 16.3. The van der Waals surface area contributed by atoms with E-state index in [0.717, 1.165) is 14.8 Å². The molecule has 1 fully saturated rings. The molecular weight excluding hydrogens is 515 g/mol. The van der Waals surface area contributed by atoms with Crippen LogP contribution in [0.1, 0.15) is 17.9 Å². The maximum atomic E-state index is 12.5. The van der Waals surface area contributed by atoms with Crippen LogP contribution in [-0.4, -0.2) is 30.8 Å². The summed E-state index contributed by atoms with van der Waals surface area (Å²) in [7, 11) is 0. The number of ether oxygens (including phenoxy) is 2. The minimum atomic E-state index is -0.562. The number of hydrogen-bond donors (Lipinski definition) is 1. The van der Waals surface area contributed by atoms with E-state index in [9.17, 15) is 9.59 Å². The molecule has 0 spiro atoms. The number of carbonyl (C=O) groups is 2. The lowest BCUT2D eigenvalue weighted by molar-refractivity contribution is -0.120. The standard InChI is InChI=1S/C19H18ClIN2O4S/c1-2-26-15-8-11(7-14(21)18(15)27-9-16(22)24)19-23(17(25)10-28-19)13-5-3-12(20)4-6-13/h3-8,19H,2,9-10H2,1H3,(H2,22,24)/t19-/m0/s1. The molecule has 1 heterocycles. The van der Waals surface area contributed by atoms with Crippen LogP contribution in [0.25, 0.3) is 0 Å².